The Morgan fingerprint density at radius 3 is 1.20 bits per heavy atom. The van der Waals surface area contributed by atoms with E-state index in [1.54, 1.807) is 4.90 Å². The van der Waals surface area contributed by atoms with Crippen molar-refractivity contribution < 1.29 is 116 Å². The first-order chi connectivity index (χ1) is 46.7. The van der Waals surface area contributed by atoms with Crippen molar-refractivity contribution in [3.8, 4) is 17.2 Å². The third kappa shape index (κ3) is 14.6. The number of nitrogens with one attached hydrogen (secondary N) is 3. The van der Waals surface area contributed by atoms with Gasteiger partial charge in [-0.25, -0.2) is 49.1 Å². The minimum absolute atomic E-state index is 0.0418. The quantitative estimate of drug-likeness (QED) is 0.0626. The number of aliphatic hydroxyl groups is 1. The first-order valence-corrected chi connectivity index (χ1v) is 29.5. The largest absolute Gasteiger partial charge is 0.491 e. The van der Waals surface area contributed by atoms with Gasteiger partial charge in [0, 0.05) is 104 Å². The number of hydrogen-bond acceptors (Lipinski definition) is 19. The Hall–Kier alpha value is -10.1. The Kier molecular flexibility index (Phi) is 22.5. The van der Waals surface area contributed by atoms with Gasteiger partial charge < -0.3 is 82.3 Å². The number of esters is 2. The maximum Gasteiger partial charge on any atom is 0.358 e. The molecule has 1 aliphatic carbocycles. The zero-order valence-corrected chi connectivity index (χ0v) is 52.5. The topological polar surface area (TPSA) is 311 Å². The highest BCUT2D eigenvalue weighted by molar-refractivity contribution is 6.00. The molecule has 4 N–H and O–H groups in total. The monoisotopic (exact) mass is 1390 g/mol. The molecule has 7 heterocycles. The summed E-state index contributed by atoms with van der Waals surface area (Å²) >= 11 is 0. The summed E-state index contributed by atoms with van der Waals surface area (Å²) in [6.45, 7) is -1.13. The van der Waals surface area contributed by atoms with E-state index in [4.69, 9.17) is 42.6 Å². The number of pyridine rings is 3. The van der Waals surface area contributed by atoms with Gasteiger partial charge in [-0.2, -0.15) is 0 Å². The van der Waals surface area contributed by atoms with Crippen molar-refractivity contribution in [2.45, 2.75) is 94.7 Å². The predicted molar refractivity (Wildman–Crippen MR) is 316 cm³/mol. The van der Waals surface area contributed by atoms with Crippen LogP contribution in [0.25, 0.3) is 0 Å². The van der Waals surface area contributed by atoms with Crippen LogP contribution in [0.4, 0.5) is 39.5 Å². The molecule has 0 bridgehead atoms. The van der Waals surface area contributed by atoms with Gasteiger partial charge in [-0.1, -0.05) is 0 Å². The van der Waals surface area contributed by atoms with Crippen LogP contribution in [0.1, 0.15) is 129 Å². The van der Waals surface area contributed by atoms with Crippen LogP contribution in [0.15, 0.2) is 69.4 Å². The number of aromatic nitrogens is 3. The van der Waals surface area contributed by atoms with Gasteiger partial charge in [0.1, 0.15) is 69.0 Å². The van der Waals surface area contributed by atoms with E-state index in [0.29, 0.717) is 55.8 Å². The van der Waals surface area contributed by atoms with Crippen molar-refractivity contribution in [3.63, 3.8) is 0 Å². The van der Waals surface area contributed by atoms with E-state index < -0.39 is 194 Å². The number of aliphatic hydroxyl groups excluding tert-OH is 1. The number of fused-ring (bicyclic) bond motifs is 3. The highest BCUT2D eigenvalue weighted by Gasteiger charge is 2.51. The standard InChI is InChI=1S/C22H20F3N3O5.C21H21F3N2O7.C20H19F3N2O7/c1-32-19-17-21(31)28(11-2-3-11)22-16(4-5-33-22)27(17)9-13(18(19)29)20(30)26-8-12-14(24)6-10(23)7-15(12)25;1-30-18-16(20(29)31-2)26(15-4-5-33-21(15)32-3)9-12(17(18)27)19(28)25-8-11-13(23)6-10(22)7-14(11)24;1-30-17-15(20(29)31-2)25(14-3-4-32-19(14)28)8-11(16(17)26)18(27)24-7-10-12(22)5-9(21)6-13(10)23/h6-7,9,11,16,22H,2-5,8H2,1H3,(H,26,30);6-7,9,15,21H,4-5,8H2,1-3H3,(H,25,28);5-6,8,14,19,28H,3-4,7H2,1-2H3,(H,24,27)/t16-,22+;15-,21?;14-,19?/m111/s1. The molecule has 6 aromatic rings. The summed E-state index contributed by atoms with van der Waals surface area (Å²) in [6, 6.07) is 1.10. The first kappa shape index (κ1) is 72.2. The molecular weight excluding hydrogens is 1330 g/mol. The van der Waals surface area contributed by atoms with Crippen LogP contribution in [0.5, 0.6) is 17.2 Å². The average molecular weight is 1390 g/mol. The fourth-order valence-electron chi connectivity index (χ4n) is 11.4. The first-order valence-electron chi connectivity index (χ1n) is 29.5. The fraction of sp³-hybridized carbons (Fsp3) is 0.381. The van der Waals surface area contributed by atoms with Gasteiger partial charge in [0.25, 0.3) is 23.6 Å². The van der Waals surface area contributed by atoms with Gasteiger partial charge in [-0.3, -0.25) is 33.6 Å². The molecule has 0 radical (unpaired) electrons. The van der Waals surface area contributed by atoms with E-state index in [2.05, 4.69) is 16.0 Å². The van der Waals surface area contributed by atoms with Gasteiger partial charge in [-0.15, -0.1) is 0 Å². The van der Waals surface area contributed by atoms with Crippen LogP contribution < -0.4 is 46.4 Å². The van der Waals surface area contributed by atoms with Crippen LogP contribution in [0, 0.1) is 52.4 Å². The molecule has 4 amide bonds. The molecule has 3 aromatic heterocycles. The molecule has 5 aliphatic rings. The van der Waals surface area contributed by atoms with Crippen molar-refractivity contribution in [1.82, 2.24) is 34.6 Å². The summed E-state index contributed by atoms with van der Waals surface area (Å²) in [5.41, 5.74) is -6.40. The normalized spacial score (nSPS) is 19.0. The smallest absolute Gasteiger partial charge is 0.358 e. The molecule has 4 fully saturated rings. The molecule has 35 heteroatoms. The predicted octanol–water partition coefficient (Wildman–Crippen LogP) is 5.31. The van der Waals surface area contributed by atoms with Gasteiger partial charge in [0.2, 0.25) is 16.3 Å². The van der Waals surface area contributed by atoms with Crippen LogP contribution in [-0.2, 0) is 48.1 Å². The zero-order chi connectivity index (χ0) is 71.3. The lowest BCUT2D eigenvalue weighted by molar-refractivity contribution is -0.106. The third-order valence-electron chi connectivity index (χ3n) is 16.3. The molecule has 98 heavy (non-hydrogen) atoms. The second-order valence-electron chi connectivity index (χ2n) is 22.1. The Labute approximate surface area is 547 Å². The molecule has 1 saturated carbocycles. The van der Waals surface area contributed by atoms with E-state index >= 15 is 0 Å². The van der Waals surface area contributed by atoms with E-state index in [-0.39, 0.29) is 60.1 Å². The molecule has 3 saturated heterocycles. The summed E-state index contributed by atoms with van der Waals surface area (Å²) in [5.74, 6) is -17.0. The number of amides is 4. The second-order valence-corrected chi connectivity index (χ2v) is 22.1. The summed E-state index contributed by atoms with van der Waals surface area (Å²) in [6.07, 6.45) is 3.61. The molecule has 0 spiro atoms. The van der Waals surface area contributed by atoms with Crippen LogP contribution in [0.3, 0.4) is 0 Å². The van der Waals surface area contributed by atoms with E-state index in [9.17, 15) is 87.8 Å². The fourth-order valence-corrected chi connectivity index (χ4v) is 11.4. The number of carbonyl (C=O) groups is 6. The number of carbonyl (C=O) groups excluding carboxylic acids is 6. The molecule has 6 atom stereocenters. The zero-order valence-electron chi connectivity index (χ0n) is 52.5. The van der Waals surface area contributed by atoms with Gasteiger partial charge in [-0.05, 0) is 32.1 Å². The maximum atomic E-state index is 13.9. The van der Waals surface area contributed by atoms with Crippen LogP contribution >= 0.6 is 0 Å². The highest BCUT2D eigenvalue weighted by atomic mass is 19.2. The molecule has 2 unspecified atom stereocenters. The highest BCUT2D eigenvalue weighted by Crippen LogP contribution is 2.43. The maximum absolute atomic E-state index is 13.9. The molecule has 26 nitrogen and oxygen atoms in total. The molecule has 3 aromatic carbocycles. The number of ether oxygens (including phenoxy) is 9. The van der Waals surface area contributed by atoms with Crippen molar-refractivity contribution >= 4 is 35.6 Å². The lowest BCUT2D eigenvalue weighted by atomic mass is 10.0. The molecule has 11 rings (SSSR count). The molecule has 4 aliphatic heterocycles. The number of hydrogen-bond donors (Lipinski definition) is 4. The lowest BCUT2D eigenvalue weighted by Gasteiger charge is -2.39. The lowest BCUT2D eigenvalue weighted by Crippen LogP contribution is -2.52. The van der Waals surface area contributed by atoms with E-state index in [0.717, 1.165) is 58.2 Å². The Bertz CT molecular complexity index is 4270. The third-order valence-corrected chi connectivity index (χ3v) is 16.3. The van der Waals surface area contributed by atoms with Gasteiger partial charge >= 0.3 is 11.9 Å². The number of benzene rings is 3. The van der Waals surface area contributed by atoms with Gasteiger partial charge in [0.15, 0.2) is 53.1 Å². The minimum atomic E-state index is -1.34. The number of rotatable bonds is 18. The van der Waals surface area contributed by atoms with Crippen molar-refractivity contribution in [2.24, 2.45) is 0 Å². The average Bonchev–Trinajstić information content (AvgIpc) is 1.47. The number of halogens is 9. The SMILES string of the molecule is COC(=O)c1c(OC)c(=O)c(C(=O)NCc2c(F)cc(F)cc2F)cn1[C@@H]1CCOC1O.COC(=O)c1c(OC)c(=O)c(C(=O)NCc2c(F)cc(F)cc2F)cn1[C@@H]1CCOC1OC.COc1c2n(cc(C(=O)NCc3c(F)cc(F)cc3F)c1=O)[C@@H]1CCO[C@@H]1N(C1CC1)C2=O. The number of methoxy groups -OCH3 is 6. The Morgan fingerprint density at radius 1 is 0.480 bits per heavy atom. The molecular formula is C63H60F9N7O19. The molecule has 524 valence electrons. The summed E-state index contributed by atoms with van der Waals surface area (Å²) in [5, 5.41) is 16.8. The van der Waals surface area contributed by atoms with Crippen molar-refractivity contribution in [3.05, 3.63) is 188 Å². The minimum Gasteiger partial charge on any atom is -0.491 e. The van der Waals surface area contributed by atoms with Crippen LogP contribution in [0.2, 0.25) is 0 Å². The Morgan fingerprint density at radius 2 is 0.837 bits per heavy atom. The second kappa shape index (κ2) is 30.5. The van der Waals surface area contributed by atoms with E-state index in [1.807, 2.05) is 0 Å². The van der Waals surface area contributed by atoms with Crippen molar-refractivity contribution in [2.75, 3.05) is 62.5 Å². The number of nitrogens with zero attached hydrogens (tertiary/aromatic N) is 4. The summed E-state index contributed by atoms with van der Waals surface area (Å²) in [4.78, 5) is 117. The van der Waals surface area contributed by atoms with E-state index in [1.165, 1.54) is 29.6 Å². The van der Waals surface area contributed by atoms with Crippen molar-refractivity contribution in [1.29, 1.82) is 0 Å². The summed E-state index contributed by atoms with van der Waals surface area (Å²) in [7, 11) is 7.04. The van der Waals surface area contributed by atoms with Gasteiger partial charge in [0.05, 0.1) is 73.5 Å². The Balaban J connectivity index is 0.000000172. The summed E-state index contributed by atoms with van der Waals surface area (Å²) < 4.78 is 173. The van der Waals surface area contributed by atoms with Crippen LogP contribution in [-0.4, -0.2) is 147 Å².